The van der Waals surface area contributed by atoms with Crippen LogP contribution in [0.5, 0.6) is 5.75 Å². The number of nitrogens with zero attached hydrogens (tertiary/aromatic N) is 4. The smallest absolute Gasteiger partial charge is 0.273 e. The lowest BCUT2D eigenvalue weighted by Gasteiger charge is -2.16. The third kappa shape index (κ3) is 6.42. The standard InChI is InChI=1S/C25H30N8O5/c1-26-25(36)22-19(13-20(30-31-22)29-24(35)15-7-8-15)28-18-6-4-5-16(23(18)38-3)17-9-11-33(32-17)14-21(34)27-10-12-37-2/h4-6,9,11,13,15H,7-8,10,12,14H2,1-3H3,(H,26,36)(H,27,34)(H2,28,29,30,35)/i1D3. The molecule has 1 aliphatic rings. The summed E-state index contributed by atoms with van der Waals surface area (Å²) < 4.78 is 34.2. The van der Waals surface area contributed by atoms with E-state index in [1.54, 1.807) is 37.6 Å². The Morgan fingerprint density at radius 2 is 2.00 bits per heavy atom. The number of anilines is 3. The van der Waals surface area contributed by atoms with Crippen LogP contribution in [0, 0.1) is 5.92 Å². The van der Waals surface area contributed by atoms with Crippen LogP contribution in [0.25, 0.3) is 11.3 Å². The van der Waals surface area contributed by atoms with Gasteiger partial charge in [-0.2, -0.15) is 5.10 Å². The molecule has 1 saturated carbocycles. The van der Waals surface area contributed by atoms with Gasteiger partial charge in [0.2, 0.25) is 11.8 Å². The summed E-state index contributed by atoms with van der Waals surface area (Å²) in [7, 11) is 3.00. The van der Waals surface area contributed by atoms with E-state index in [2.05, 4.69) is 31.2 Å². The maximum Gasteiger partial charge on any atom is 0.273 e. The number of rotatable bonds is 12. The number of carbonyl (C=O) groups excluding carboxylic acids is 3. The van der Waals surface area contributed by atoms with E-state index in [1.165, 1.54) is 17.9 Å². The normalized spacial score (nSPS) is 14.0. The van der Waals surface area contributed by atoms with Crippen molar-refractivity contribution in [2.24, 2.45) is 5.92 Å². The number of benzene rings is 1. The number of para-hydroxylation sites is 1. The minimum atomic E-state index is -2.76. The van der Waals surface area contributed by atoms with E-state index in [0.29, 0.717) is 35.8 Å². The van der Waals surface area contributed by atoms with Crippen molar-refractivity contribution in [1.29, 1.82) is 0 Å². The van der Waals surface area contributed by atoms with Crippen LogP contribution < -0.4 is 26.0 Å². The van der Waals surface area contributed by atoms with Gasteiger partial charge >= 0.3 is 0 Å². The summed E-state index contributed by atoms with van der Waals surface area (Å²) in [6, 6.07) is 8.29. The highest BCUT2D eigenvalue weighted by Crippen LogP contribution is 2.38. The molecule has 0 atom stereocenters. The van der Waals surface area contributed by atoms with Crippen molar-refractivity contribution < 1.29 is 28.0 Å². The molecular weight excluding hydrogens is 492 g/mol. The second kappa shape index (κ2) is 12.1. The average molecular weight is 526 g/mol. The van der Waals surface area contributed by atoms with Gasteiger partial charge < -0.3 is 30.7 Å². The van der Waals surface area contributed by atoms with Crippen molar-refractivity contribution in [3.8, 4) is 17.0 Å². The van der Waals surface area contributed by atoms with Crippen LogP contribution in [0.15, 0.2) is 36.5 Å². The lowest BCUT2D eigenvalue weighted by Crippen LogP contribution is -2.30. The van der Waals surface area contributed by atoms with E-state index in [9.17, 15) is 14.4 Å². The summed E-state index contributed by atoms with van der Waals surface area (Å²) in [4.78, 5) is 37.2. The molecule has 200 valence electrons. The molecule has 0 spiro atoms. The highest BCUT2D eigenvalue weighted by Gasteiger charge is 2.30. The molecule has 2 aromatic heterocycles. The van der Waals surface area contributed by atoms with Gasteiger partial charge in [0.15, 0.2) is 17.3 Å². The number of hydrogen-bond acceptors (Lipinski definition) is 9. The lowest BCUT2D eigenvalue weighted by molar-refractivity contribution is -0.122. The Kier molecular flexibility index (Phi) is 7.24. The third-order valence-corrected chi connectivity index (χ3v) is 5.66. The number of methoxy groups -OCH3 is 2. The third-order valence-electron chi connectivity index (χ3n) is 5.66. The summed E-state index contributed by atoms with van der Waals surface area (Å²) in [6.45, 7) is -1.97. The Labute approximate surface area is 223 Å². The molecule has 38 heavy (non-hydrogen) atoms. The van der Waals surface area contributed by atoms with Crippen LogP contribution in [-0.2, 0) is 20.9 Å². The molecule has 1 aliphatic carbocycles. The van der Waals surface area contributed by atoms with Crippen LogP contribution in [0.1, 0.15) is 27.4 Å². The Hall–Kier alpha value is -4.52. The monoisotopic (exact) mass is 525 g/mol. The Balaban J connectivity index is 1.62. The van der Waals surface area contributed by atoms with E-state index in [0.717, 1.165) is 12.8 Å². The zero-order valence-corrected chi connectivity index (χ0v) is 20.9. The van der Waals surface area contributed by atoms with Gasteiger partial charge in [-0.05, 0) is 31.0 Å². The quantitative estimate of drug-likeness (QED) is 0.257. The van der Waals surface area contributed by atoms with E-state index in [-0.39, 0.29) is 41.5 Å². The minimum absolute atomic E-state index is 0.00394. The number of hydrogen-bond donors (Lipinski definition) is 4. The van der Waals surface area contributed by atoms with Gasteiger partial charge in [0.25, 0.3) is 5.91 Å². The second-order valence-corrected chi connectivity index (χ2v) is 8.46. The first kappa shape index (κ1) is 22.7. The topological polar surface area (TPSA) is 161 Å². The first-order valence-electron chi connectivity index (χ1n) is 13.3. The highest BCUT2D eigenvalue weighted by molar-refractivity contribution is 6.00. The Bertz CT molecular complexity index is 1420. The van der Waals surface area contributed by atoms with Crippen molar-refractivity contribution in [2.75, 3.05) is 45.0 Å². The average Bonchev–Trinajstić information content (AvgIpc) is 3.67. The Morgan fingerprint density at radius 3 is 2.74 bits per heavy atom. The van der Waals surface area contributed by atoms with Crippen molar-refractivity contribution >= 4 is 34.9 Å². The largest absolute Gasteiger partial charge is 0.494 e. The zero-order chi connectivity index (χ0) is 29.6. The predicted octanol–water partition coefficient (Wildman–Crippen LogP) is 1.56. The molecule has 13 heteroatoms. The summed E-state index contributed by atoms with van der Waals surface area (Å²) in [5, 5.41) is 22.6. The zero-order valence-electron chi connectivity index (χ0n) is 23.9. The van der Waals surface area contributed by atoms with Crippen LogP contribution in [0.2, 0.25) is 0 Å². The predicted molar refractivity (Wildman–Crippen MR) is 139 cm³/mol. The van der Waals surface area contributed by atoms with Gasteiger partial charge in [-0.15, -0.1) is 10.2 Å². The number of carbonyl (C=O) groups is 3. The van der Waals surface area contributed by atoms with Gasteiger partial charge in [0.1, 0.15) is 6.54 Å². The molecule has 0 radical (unpaired) electrons. The molecule has 1 fully saturated rings. The molecule has 0 aliphatic heterocycles. The Morgan fingerprint density at radius 1 is 1.16 bits per heavy atom. The van der Waals surface area contributed by atoms with E-state index < -0.39 is 12.9 Å². The van der Waals surface area contributed by atoms with Gasteiger partial charge in [-0.1, -0.05) is 6.07 Å². The van der Waals surface area contributed by atoms with Crippen molar-refractivity contribution in [3.63, 3.8) is 0 Å². The number of amides is 3. The molecular formula is C25H30N8O5. The molecule has 0 saturated heterocycles. The van der Waals surface area contributed by atoms with Crippen molar-refractivity contribution in [1.82, 2.24) is 30.6 Å². The van der Waals surface area contributed by atoms with Gasteiger partial charge in [-0.25, -0.2) is 0 Å². The summed E-state index contributed by atoms with van der Waals surface area (Å²) >= 11 is 0. The number of aromatic nitrogens is 4. The highest BCUT2D eigenvalue weighted by atomic mass is 16.5. The molecule has 3 amide bonds. The first-order chi connectivity index (χ1) is 19.6. The van der Waals surface area contributed by atoms with Crippen LogP contribution in [0.4, 0.5) is 17.2 Å². The minimum Gasteiger partial charge on any atom is -0.494 e. The fourth-order valence-corrected chi connectivity index (χ4v) is 3.64. The molecule has 13 nitrogen and oxygen atoms in total. The fraction of sp³-hybridized carbons (Fsp3) is 0.360. The summed E-state index contributed by atoms with van der Waals surface area (Å²) in [5.41, 5.74) is 1.27. The molecule has 4 N–H and O–H groups in total. The SMILES string of the molecule is [2H]C([2H])([2H])NC(=O)c1nnc(NC(=O)C2CC2)cc1Nc1cccc(-c2ccn(CC(=O)NCCOC)n2)c1OC. The summed E-state index contributed by atoms with van der Waals surface area (Å²) in [5.74, 6) is -1.08. The van der Waals surface area contributed by atoms with Crippen LogP contribution in [0.3, 0.4) is 0 Å². The summed E-state index contributed by atoms with van der Waals surface area (Å²) in [6.07, 6.45) is 3.22. The number of ether oxygens (including phenoxy) is 2. The lowest BCUT2D eigenvalue weighted by atomic mass is 10.1. The molecule has 4 rings (SSSR count). The van der Waals surface area contributed by atoms with Crippen molar-refractivity contribution in [3.05, 3.63) is 42.2 Å². The first-order valence-corrected chi connectivity index (χ1v) is 11.8. The van der Waals surface area contributed by atoms with E-state index in [1.807, 2.05) is 5.32 Å². The molecule has 1 aromatic carbocycles. The molecule has 3 aromatic rings. The molecule has 0 bridgehead atoms. The maximum absolute atomic E-state index is 12.8. The van der Waals surface area contributed by atoms with Crippen LogP contribution >= 0.6 is 0 Å². The van der Waals surface area contributed by atoms with E-state index >= 15 is 0 Å². The van der Waals surface area contributed by atoms with Gasteiger partial charge in [0, 0.05) is 48.5 Å². The van der Waals surface area contributed by atoms with E-state index in [4.69, 9.17) is 13.6 Å². The van der Waals surface area contributed by atoms with Crippen LogP contribution in [-0.4, -0.2) is 72.0 Å². The molecule has 0 unspecified atom stereocenters. The maximum atomic E-state index is 12.8. The van der Waals surface area contributed by atoms with Crippen molar-refractivity contribution in [2.45, 2.75) is 19.4 Å². The van der Waals surface area contributed by atoms with Gasteiger partial charge in [0.05, 0.1) is 30.8 Å². The van der Waals surface area contributed by atoms with Gasteiger partial charge in [-0.3, -0.25) is 19.1 Å². The second-order valence-electron chi connectivity index (χ2n) is 8.46. The fourth-order valence-electron chi connectivity index (χ4n) is 3.64. The molecule has 2 heterocycles. The number of nitrogens with one attached hydrogen (secondary N) is 4.